The van der Waals surface area contributed by atoms with Crippen molar-refractivity contribution in [3.05, 3.63) is 42.1 Å². The molecule has 0 aliphatic rings. The number of anilines is 1. The molecule has 96 valence electrons. The van der Waals surface area contributed by atoms with E-state index in [0.29, 0.717) is 18.8 Å². The zero-order chi connectivity index (χ0) is 13.0. The van der Waals surface area contributed by atoms with Crippen LogP contribution in [0.1, 0.15) is 11.3 Å². The molecule has 18 heavy (non-hydrogen) atoms. The third kappa shape index (κ3) is 3.22. The molecule has 2 N–H and O–H groups in total. The number of rotatable bonds is 4. The van der Waals surface area contributed by atoms with Gasteiger partial charge in [0.1, 0.15) is 5.82 Å². The van der Waals surface area contributed by atoms with Crippen molar-refractivity contribution in [1.82, 2.24) is 15.0 Å². The van der Waals surface area contributed by atoms with Gasteiger partial charge in [-0.05, 0) is 12.1 Å². The fourth-order valence-electron chi connectivity index (χ4n) is 1.41. The van der Waals surface area contributed by atoms with Crippen molar-refractivity contribution in [3.8, 4) is 0 Å². The summed E-state index contributed by atoms with van der Waals surface area (Å²) in [5, 5.41) is 2.93. The monoisotopic (exact) mass is 256 g/mol. The quantitative estimate of drug-likeness (QED) is 0.883. The van der Waals surface area contributed by atoms with Crippen molar-refractivity contribution in [2.24, 2.45) is 0 Å². The summed E-state index contributed by atoms with van der Waals surface area (Å²) in [6.07, 6.45) is 0.483. The van der Waals surface area contributed by atoms with Crippen LogP contribution in [0, 0.1) is 0 Å². The third-order valence-corrected chi connectivity index (χ3v) is 2.33. The fraction of sp³-hybridized carbons (Fsp3) is 0.273. The Bertz CT molecular complexity index is 476. The molecule has 0 aliphatic heterocycles. The molecule has 0 saturated heterocycles. The third-order valence-electron chi connectivity index (χ3n) is 2.33. The Labute approximate surface area is 101 Å². The van der Waals surface area contributed by atoms with Gasteiger partial charge in [-0.3, -0.25) is 0 Å². The van der Waals surface area contributed by atoms with Crippen LogP contribution in [-0.4, -0.2) is 21.5 Å². The predicted molar refractivity (Wildman–Crippen MR) is 60.0 cm³/mol. The highest BCUT2D eigenvalue weighted by Gasteiger charge is 2.30. The SMILES string of the molecule is FC(F)(F)c1ccc(NCCc2c[nH]cn2)nc1. The summed E-state index contributed by atoms with van der Waals surface area (Å²) >= 11 is 0. The Kier molecular flexibility index (Phi) is 3.50. The number of nitrogens with one attached hydrogen (secondary N) is 2. The highest BCUT2D eigenvalue weighted by Crippen LogP contribution is 2.28. The maximum absolute atomic E-state index is 12.3. The van der Waals surface area contributed by atoms with Crippen molar-refractivity contribution < 1.29 is 13.2 Å². The van der Waals surface area contributed by atoms with Crippen LogP contribution in [0.25, 0.3) is 0 Å². The molecule has 0 aromatic carbocycles. The Morgan fingerprint density at radius 3 is 2.61 bits per heavy atom. The van der Waals surface area contributed by atoms with Crippen molar-refractivity contribution in [1.29, 1.82) is 0 Å². The van der Waals surface area contributed by atoms with E-state index in [1.807, 2.05) is 0 Å². The van der Waals surface area contributed by atoms with E-state index in [9.17, 15) is 13.2 Å². The van der Waals surface area contributed by atoms with Crippen LogP contribution in [0.15, 0.2) is 30.9 Å². The fourth-order valence-corrected chi connectivity index (χ4v) is 1.41. The lowest BCUT2D eigenvalue weighted by molar-refractivity contribution is -0.137. The molecule has 7 heteroatoms. The van der Waals surface area contributed by atoms with E-state index in [2.05, 4.69) is 20.3 Å². The molecule has 0 spiro atoms. The number of halogens is 3. The number of hydrogen-bond acceptors (Lipinski definition) is 3. The number of H-pyrrole nitrogens is 1. The Hall–Kier alpha value is -2.05. The number of nitrogens with zero attached hydrogens (tertiary/aromatic N) is 2. The summed E-state index contributed by atoms with van der Waals surface area (Å²) in [4.78, 5) is 10.6. The van der Waals surface area contributed by atoms with Crippen LogP contribution in [0.2, 0.25) is 0 Å². The lowest BCUT2D eigenvalue weighted by Crippen LogP contribution is -2.09. The molecule has 4 nitrogen and oxygen atoms in total. The van der Waals surface area contributed by atoms with Crippen molar-refractivity contribution in [3.63, 3.8) is 0 Å². The molecule has 2 aromatic rings. The zero-order valence-corrected chi connectivity index (χ0v) is 9.33. The first-order valence-electron chi connectivity index (χ1n) is 5.30. The van der Waals surface area contributed by atoms with E-state index in [0.717, 1.165) is 18.0 Å². The second-order valence-corrected chi connectivity index (χ2v) is 3.67. The van der Waals surface area contributed by atoms with Crippen molar-refractivity contribution in [2.45, 2.75) is 12.6 Å². The minimum atomic E-state index is -4.35. The highest BCUT2D eigenvalue weighted by molar-refractivity contribution is 5.36. The molecule has 2 heterocycles. The summed E-state index contributed by atoms with van der Waals surface area (Å²) in [6, 6.07) is 2.32. The Balaban J connectivity index is 1.87. The lowest BCUT2D eigenvalue weighted by atomic mass is 10.2. The largest absolute Gasteiger partial charge is 0.417 e. The van der Waals surface area contributed by atoms with Crippen LogP contribution >= 0.6 is 0 Å². The van der Waals surface area contributed by atoms with Crippen molar-refractivity contribution >= 4 is 5.82 Å². The maximum Gasteiger partial charge on any atom is 0.417 e. The van der Waals surface area contributed by atoms with Gasteiger partial charge in [-0.15, -0.1) is 0 Å². The van der Waals surface area contributed by atoms with Crippen LogP contribution in [0.4, 0.5) is 19.0 Å². The normalized spacial score (nSPS) is 11.5. The van der Waals surface area contributed by atoms with E-state index in [1.165, 1.54) is 6.07 Å². The number of pyridine rings is 1. The molecule has 0 atom stereocenters. The number of aromatic amines is 1. The smallest absolute Gasteiger partial charge is 0.370 e. The second-order valence-electron chi connectivity index (χ2n) is 3.67. The van der Waals surface area contributed by atoms with E-state index in [4.69, 9.17) is 0 Å². The zero-order valence-electron chi connectivity index (χ0n) is 9.33. The molecule has 0 aliphatic carbocycles. The highest BCUT2D eigenvalue weighted by atomic mass is 19.4. The van der Waals surface area contributed by atoms with Gasteiger partial charge in [-0.25, -0.2) is 9.97 Å². The van der Waals surface area contributed by atoms with Crippen LogP contribution in [0.3, 0.4) is 0 Å². The summed E-state index contributed by atoms with van der Waals surface area (Å²) in [7, 11) is 0. The van der Waals surface area contributed by atoms with Crippen molar-refractivity contribution in [2.75, 3.05) is 11.9 Å². The first-order valence-corrected chi connectivity index (χ1v) is 5.30. The lowest BCUT2D eigenvalue weighted by Gasteiger charge is -2.08. The van der Waals surface area contributed by atoms with Gasteiger partial charge in [-0.2, -0.15) is 13.2 Å². The number of alkyl halides is 3. The van der Waals surface area contributed by atoms with Gasteiger partial charge in [-0.1, -0.05) is 0 Å². The Morgan fingerprint density at radius 1 is 1.22 bits per heavy atom. The molecule has 0 fully saturated rings. The first-order chi connectivity index (χ1) is 8.55. The van der Waals surface area contributed by atoms with Gasteiger partial charge in [0.25, 0.3) is 0 Å². The molecule has 2 aromatic heterocycles. The Morgan fingerprint density at radius 2 is 2.06 bits per heavy atom. The summed E-state index contributed by atoms with van der Waals surface area (Å²) in [5.74, 6) is 0.415. The minimum absolute atomic E-state index is 0.415. The first kappa shape index (κ1) is 12.4. The van der Waals surface area contributed by atoms with Gasteiger partial charge >= 0.3 is 6.18 Å². The summed E-state index contributed by atoms with van der Waals surface area (Å²) in [6.45, 7) is 0.559. The topological polar surface area (TPSA) is 53.6 Å². The second kappa shape index (κ2) is 5.07. The van der Waals surface area contributed by atoms with E-state index in [1.54, 1.807) is 12.5 Å². The van der Waals surface area contributed by atoms with Gasteiger partial charge in [0.15, 0.2) is 0 Å². The number of imidazole rings is 1. The maximum atomic E-state index is 12.3. The molecular weight excluding hydrogens is 245 g/mol. The molecule has 0 radical (unpaired) electrons. The van der Waals surface area contributed by atoms with E-state index < -0.39 is 11.7 Å². The van der Waals surface area contributed by atoms with Crippen LogP contribution in [0.5, 0.6) is 0 Å². The van der Waals surface area contributed by atoms with Gasteiger partial charge in [0, 0.05) is 25.4 Å². The standard InChI is InChI=1S/C11H11F3N4/c12-11(13,14)8-1-2-10(17-5-8)16-4-3-9-6-15-7-18-9/h1-2,5-7H,3-4H2,(H,15,18)(H,16,17). The van der Waals surface area contributed by atoms with Gasteiger partial charge in [0.05, 0.1) is 17.6 Å². The minimum Gasteiger partial charge on any atom is -0.370 e. The summed E-state index contributed by atoms with van der Waals surface area (Å²) in [5.41, 5.74) is 0.134. The van der Waals surface area contributed by atoms with Crippen LogP contribution < -0.4 is 5.32 Å². The molecule has 0 unspecified atom stereocenters. The van der Waals surface area contributed by atoms with Crippen LogP contribution in [-0.2, 0) is 12.6 Å². The van der Waals surface area contributed by atoms with E-state index >= 15 is 0 Å². The average molecular weight is 256 g/mol. The summed E-state index contributed by atoms with van der Waals surface area (Å²) < 4.78 is 36.9. The number of hydrogen-bond donors (Lipinski definition) is 2. The number of aromatic nitrogens is 3. The molecule has 2 rings (SSSR count). The molecular formula is C11H11F3N4. The average Bonchev–Trinajstić information content (AvgIpc) is 2.82. The van der Waals surface area contributed by atoms with E-state index in [-0.39, 0.29) is 0 Å². The predicted octanol–water partition coefficient (Wildman–Crippen LogP) is 2.48. The molecule has 0 bridgehead atoms. The molecule has 0 saturated carbocycles. The van der Waals surface area contributed by atoms with Gasteiger partial charge in [0.2, 0.25) is 0 Å². The molecule has 0 amide bonds. The van der Waals surface area contributed by atoms with Gasteiger partial charge < -0.3 is 10.3 Å².